The van der Waals surface area contributed by atoms with Gasteiger partial charge in [0, 0.05) is 15.8 Å². The molecule has 1 unspecified atom stereocenters. The second kappa shape index (κ2) is 7.05. The fourth-order valence-corrected chi connectivity index (χ4v) is 3.78. The summed E-state index contributed by atoms with van der Waals surface area (Å²) in [6.45, 7) is 9.87. The lowest BCUT2D eigenvalue weighted by Gasteiger charge is -2.15. The summed E-state index contributed by atoms with van der Waals surface area (Å²) < 4.78 is 0. The van der Waals surface area contributed by atoms with E-state index in [1.165, 1.54) is 39.3 Å². The van der Waals surface area contributed by atoms with Gasteiger partial charge in [-0.1, -0.05) is 38.5 Å². The van der Waals surface area contributed by atoms with Crippen molar-refractivity contribution in [3.63, 3.8) is 0 Å². The van der Waals surface area contributed by atoms with Gasteiger partial charge >= 0.3 is 0 Å². The number of aryl methyl sites for hydroxylation is 1. The molecule has 1 nitrogen and oxygen atoms in total. The molecule has 0 fully saturated rings. The second-order valence-electron chi connectivity index (χ2n) is 5.35. The van der Waals surface area contributed by atoms with Crippen molar-refractivity contribution in [3.8, 4) is 10.4 Å². The minimum Gasteiger partial charge on any atom is -0.310 e. The van der Waals surface area contributed by atoms with E-state index in [0.717, 1.165) is 6.54 Å². The van der Waals surface area contributed by atoms with Gasteiger partial charge in [0.15, 0.2) is 0 Å². The van der Waals surface area contributed by atoms with Crippen LogP contribution in [0, 0.1) is 13.8 Å². The highest BCUT2D eigenvalue weighted by Gasteiger charge is 2.13. The normalized spacial score (nSPS) is 12.6. The number of nitrogens with one attached hydrogen (secondary N) is 1. The fraction of sp³-hybridized carbons (Fsp3) is 0.444. The topological polar surface area (TPSA) is 12.0 Å². The monoisotopic (exact) mass is 287 g/mol. The van der Waals surface area contributed by atoms with E-state index in [1.54, 1.807) is 0 Å². The van der Waals surface area contributed by atoms with Gasteiger partial charge in [-0.2, -0.15) is 0 Å². The maximum absolute atomic E-state index is 3.60. The average Bonchev–Trinajstić information content (AvgIpc) is 2.91. The maximum Gasteiger partial charge on any atom is 0.0414 e. The molecule has 0 aliphatic carbocycles. The summed E-state index contributed by atoms with van der Waals surface area (Å²) in [6, 6.07) is 11.7. The van der Waals surface area contributed by atoms with E-state index < -0.39 is 0 Å². The van der Waals surface area contributed by atoms with Crippen LogP contribution in [0.3, 0.4) is 0 Å². The third-order valence-electron chi connectivity index (χ3n) is 3.87. The van der Waals surface area contributed by atoms with Gasteiger partial charge in [-0.25, -0.2) is 0 Å². The Balaban J connectivity index is 2.30. The number of rotatable bonds is 6. The predicted octanol–water partition coefficient (Wildman–Crippen LogP) is 5.48. The Kier molecular flexibility index (Phi) is 5.38. The van der Waals surface area contributed by atoms with Crippen molar-refractivity contribution >= 4 is 11.3 Å². The summed E-state index contributed by atoms with van der Waals surface area (Å²) in [5.74, 6) is 0. The lowest BCUT2D eigenvalue weighted by molar-refractivity contribution is 0.516. The Bertz CT molecular complexity index is 550. The largest absolute Gasteiger partial charge is 0.310 e. The van der Waals surface area contributed by atoms with Crippen LogP contribution in [0.2, 0.25) is 0 Å². The first kappa shape index (κ1) is 15.3. The molecular formula is C18H25NS. The van der Waals surface area contributed by atoms with Crippen LogP contribution in [-0.4, -0.2) is 6.54 Å². The molecular weight excluding hydrogens is 262 g/mol. The molecule has 0 aliphatic heterocycles. The molecule has 1 N–H and O–H groups in total. The molecule has 108 valence electrons. The quantitative estimate of drug-likeness (QED) is 0.741. The summed E-state index contributed by atoms with van der Waals surface area (Å²) in [5, 5.41) is 3.60. The van der Waals surface area contributed by atoms with Gasteiger partial charge in [0.2, 0.25) is 0 Å². The number of thiophene rings is 1. The Labute approximate surface area is 127 Å². The van der Waals surface area contributed by atoms with E-state index in [-0.39, 0.29) is 0 Å². The third kappa shape index (κ3) is 3.31. The summed E-state index contributed by atoms with van der Waals surface area (Å²) in [4.78, 5) is 2.85. The average molecular weight is 287 g/mol. The molecule has 2 aromatic rings. The van der Waals surface area contributed by atoms with E-state index in [9.17, 15) is 0 Å². The first-order chi connectivity index (χ1) is 9.67. The zero-order valence-electron chi connectivity index (χ0n) is 13.0. The molecule has 0 spiro atoms. The zero-order valence-corrected chi connectivity index (χ0v) is 13.8. The maximum atomic E-state index is 3.60. The molecule has 0 bridgehead atoms. The van der Waals surface area contributed by atoms with Crippen LogP contribution in [0.5, 0.6) is 0 Å². The highest BCUT2D eigenvalue weighted by atomic mass is 32.1. The minimum atomic E-state index is 0.508. The molecule has 0 saturated heterocycles. The van der Waals surface area contributed by atoms with Crippen molar-refractivity contribution < 1.29 is 0 Å². The molecule has 0 amide bonds. The van der Waals surface area contributed by atoms with Gasteiger partial charge in [-0.15, -0.1) is 11.3 Å². The minimum absolute atomic E-state index is 0.508. The SMILES string of the molecule is CCCC(NCC)c1ccc(-c2cccc(C)c2C)s1. The smallest absolute Gasteiger partial charge is 0.0414 e. The molecule has 0 aliphatic rings. The zero-order chi connectivity index (χ0) is 14.5. The van der Waals surface area contributed by atoms with Gasteiger partial charge < -0.3 is 5.32 Å². The van der Waals surface area contributed by atoms with Crippen molar-refractivity contribution in [2.24, 2.45) is 0 Å². The Morgan fingerprint density at radius 1 is 1.10 bits per heavy atom. The van der Waals surface area contributed by atoms with Crippen LogP contribution in [0.15, 0.2) is 30.3 Å². The van der Waals surface area contributed by atoms with Gasteiger partial charge in [-0.05, 0) is 55.6 Å². The first-order valence-corrected chi connectivity index (χ1v) is 8.38. The molecule has 1 aromatic heterocycles. The van der Waals surface area contributed by atoms with Crippen LogP contribution in [-0.2, 0) is 0 Å². The summed E-state index contributed by atoms with van der Waals surface area (Å²) >= 11 is 1.93. The van der Waals surface area contributed by atoms with E-state index >= 15 is 0 Å². The van der Waals surface area contributed by atoms with Crippen molar-refractivity contribution in [1.82, 2.24) is 5.32 Å². The molecule has 1 aromatic carbocycles. The third-order valence-corrected chi connectivity index (χ3v) is 5.10. The molecule has 1 heterocycles. The molecule has 20 heavy (non-hydrogen) atoms. The van der Waals surface area contributed by atoms with Gasteiger partial charge in [-0.3, -0.25) is 0 Å². The van der Waals surface area contributed by atoms with Gasteiger partial charge in [0.1, 0.15) is 0 Å². The summed E-state index contributed by atoms with van der Waals surface area (Å²) in [5.41, 5.74) is 4.15. The standard InChI is InChI=1S/C18H25NS/c1-5-8-16(19-6-2)18-12-11-17(20-18)15-10-7-9-13(3)14(15)4/h7,9-12,16,19H,5-6,8H2,1-4H3. The van der Waals surface area contributed by atoms with Crippen LogP contribution >= 0.6 is 11.3 Å². The highest BCUT2D eigenvalue weighted by Crippen LogP contribution is 2.35. The lowest BCUT2D eigenvalue weighted by atomic mass is 10.0. The lowest BCUT2D eigenvalue weighted by Crippen LogP contribution is -2.19. The van der Waals surface area contributed by atoms with Crippen LogP contribution < -0.4 is 5.32 Å². The Morgan fingerprint density at radius 3 is 2.60 bits per heavy atom. The van der Waals surface area contributed by atoms with Crippen molar-refractivity contribution in [2.75, 3.05) is 6.54 Å². The molecule has 2 rings (SSSR count). The number of hydrogen-bond acceptors (Lipinski definition) is 2. The van der Waals surface area contributed by atoms with E-state index in [0.29, 0.717) is 6.04 Å². The molecule has 0 radical (unpaired) electrons. The van der Waals surface area contributed by atoms with E-state index in [4.69, 9.17) is 0 Å². The van der Waals surface area contributed by atoms with E-state index in [1.807, 2.05) is 11.3 Å². The molecule has 1 atom stereocenters. The number of hydrogen-bond donors (Lipinski definition) is 1. The Hall–Kier alpha value is -1.12. The summed E-state index contributed by atoms with van der Waals surface area (Å²) in [6.07, 6.45) is 2.43. The van der Waals surface area contributed by atoms with Crippen molar-refractivity contribution in [2.45, 2.75) is 46.6 Å². The van der Waals surface area contributed by atoms with Crippen molar-refractivity contribution in [1.29, 1.82) is 0 Å². The highest BCUT2D eigenvalue weighted by molar-refractivity contribution is 7.15. The van der Waals surface area contributed by atoms with Crippen LogP contribution in [0.4, 0.5) is 0 Å². The molecule has 2 heteroatoms. The second-order valence-corrected chi connectivity index (χ2v) is 6.46. The van der Waals surface area contributed by atoms with E-state index in [2.05, 4.69) is 63.3 Å². The van der Waals surface area contributed by atoms with Gasteiger partial charge in [0.25, 0.3) is 0 Å². The Morgan fingerprint density at radius 2 is 1.90 bits per heavy atom. The predicted molar refractivity (Wildman–Crippen MR) is 90.6 cm³/mol. The van der Waals surface area contributed by atoms with Crippen molar-refractivity contribution in [3.05, 3.63) is 46.3 Å². The first-order valence-electron chi connectivity index (χ1n) is 7.57. The summed E-state index contributed by atoms with van der Waals surface area (Å²) in [7, 11) is 0. The van der Waals surface area contributed by atoms with Crippen LogP contribution in [0.25, 0.3) is 10.4 Å². The fourth-order valence-electron chi connectivity index (χ4n) is 2.58. The molecule has 0 saturated carbocycles. The number of benzene rings is 1. The van der Waals surface area contributed by atoms with Gasteiger partial charge in [0.05, 0.1) is 0 Å². The van der Waals surface area contributed by atoms with Crippen LogP contribution in [0.1, 0.15) is 48.7 Å².